The molecule has 3 amide bonds. The number of primary amides is 1. The molecular formula is C15H21N3O3. The number of carbonyl (C=O) groups is 3. The molecule has 0 spiro atoms. The first-order chi connectivity index (χ1) is 9.95. The number of hydrogen-bond donors (Lipinski definition) is 3. The first-order valence-corrected chi connectivity index (χ1v) is 6.92. The summed E-state index contributed by atoms with van der Waals surface area (Å²) in [7, 11) is 0. The number of anilines is 1. The highest BCUT2D eigenvalue weighted by Crippen LogP contribution is 2.15. The number of benzene rings is 1. The third-order valence-electron chi connectivity index (χ3n) is 2.98. The van der Waals surface area contributed by atoms with Gasteiger partial charge < -0.3 is 16.4 Å². The molecule has 0 aliphatic heterocycles. The third kappa shape index (κ3) is 5.25. The van der Waals surface area contributed by atoms with Crippen molar-refractivity contribution in [1.29, 1.82) is 0 Å². The Kier molecular flexibility index (Phi) is 6.39. The maximum Gasteiger partial charge on any atom is 0.254 e. The van der Waals surface area contributed by atoms with Gasteiger partial charge in [0.1, 0.15) is 6.04 Å². The minimum atomic E-state index is -0.706. The van der Waals surface area contributed by atoms with Gasteiger partial charge in [-0.05, 0) is 18.6 Å². The van der Waals surface area contributed by atoms with E-state index in [4.69, 9.17) is 5.73 Å². The van der Waals surface area contributed by atoms with Crippen molar-refractivity contribution in [2.75, 3.05) is 5.32 Å². The molecule has 1 atom stereocenters. The lowest BCUT2D eigenvalue weighted by Crippen LogP contribution is -2.44. The molecule has 6 heteroatoms. The van der Waals surface area contributed by atoms with E-state index in [1.807, 2.05) is 6.92 Å². The molecule has 0 aromatic heterocycles. The van der Waals surface area contributed by atoms with Crippen LogP contribution in [0.3, 0.4) is 0 Å². The predicted molar refractivity (Wildman–Crippen MR) is 80.7 cm³/mol. The summed E-state index contributed by atoms with van der Waals surface area (Å²) in [5.74, 6) is -1.26. The van der Waals surface area contributed by atoms with Gasteiger partial charge in [0.15, 0.2) is 0 Å². The van der Waals surface area contributed by atoms with E-state index in [-0.39, 0.29) is 5.91 Å². The molecule has 4 N–H and O–H groups in total. The molecule has 1 aromatic carbocycles. The molecule has 0 heterocycles. The van der Waals surface area contributed by atoms with Gasteiger partial charge in [-0.25, -0.2) is 0 Å². The van der Waals surface area contributed by atoms with E-state index in [0.717, 1.165) is 12.8 Å². The fourth-order valence-corrected chi connectivity index (χ4v) is 1.91. The van der Waals surface area contributed by atoms with Crippen LogP contribution < -0.4 is 16.4 Å². The molecule has 114 valence electrons. The fourth-order valence-electron chi connectivity index (χ4n) is 1.91. The number of carbonyl (C=O) groups excluding carboxylic acids is 3. The minimum Gasteiger partial charge on any atom is -0.368 e. The van der Waals surface area contributed by atoms with Crippen LogP contribution in [0.5, 0.6) is 0 Å². The first-order valence-electron chi connectivity index (χ1n) is 6.92. The average molecular weight is 291 g/mol. The van der Waals surface area contributed by atoms with Crippen LogP contribution in [0.2, 0.25) is 0 Å². The molecule has 0 aliphatic rings. The molecule has 0 saturated carbocycles. The Bertz CT molecular complexity index is 529. The molecule has 1 rings (SSSR count). The molecule has 0 saturated heterocycles. The van der Waals surface area contributed by atoms with Crippen molar-refractivity contribution in [3.63, 3.8) is 0 Å². The molecule has 0 fully saturated rings. The molecule has 0 aliphatic carbocycles. The smallest absolute Gasteiger partial charge is 0.254 e. The van der Waals surface area contributed by atoms with Gasteiger partial charge in [-0.1, -0.05) is 31.9 Å². The van der Waals surface area contributed by atoms with E-state index < -0.39 is 17.9 Å². The SMILES string of the molecule is CCCC[C@H](NC(=O)c1ccccc1NC(C)=O)C(N)=O. The van der Waals surface area contributed by atoms with Crippen LogP contribution >= 0.6 is 0 Å². The zero-order valence-electron chi connectivity index (χ0n) is 12.3. The summed E-state index contributed by atoms with van der Waals surface area (Å²) in [6.45, 7) is 3.36. The highest BCUT2D eigenvalue weighted by atomic mass is 16.2. The maximum atomic E-state index is 12.3. The second-order valence-corrected chi connectivity index (χ2v) is 4.80. The van der Waals surface area contributed by atoms with Crippen LogP contribution in [0, 0.1) is 0 Å². The second-order valence-electron chi connectivity index (χ2n) is 4.80. The van der Waals surface area contributed by atoms with Crippen LogP contribution in [-0.2, 0) is 9.59 Å². The Balaban J connectivity index is 2.87. The summed E-state index contributed by atoms with van der Waals surface area (Å²) in [6, 6.07) is 5.90. The monoisotopic (exact) mass is 291 g/mol. The Morgan fingerprint density at radius 3 is 2.48 bits per heavy atom. The third-order valence-corrected chi connectivity index (χ3v) is 2.98. The molecule has 0 bridgehead atoms. The number of rotatable bonds is 7. The van der Waals surface area contributed by atoms with Crippen LogP contribution in [0.15, 0.2) is 24.3 Å². The van der Waals surface area contributed by atoms with Gasteiger partial charge in [0.05, 0.1) is 11.3 Å². The van der Waals surface area contributed by atoms with Gasteiger partial charge in [0.2, 0.25) is 11.8 Å². The van der Waals surface area contributed by atoms with Crippen molar-refractivity contribution < 1.29 is 14.4 Å². The fraction of sp³-hybridized carbons (Fsp3) is 0.400. The Morgan fingerprint density at radius 2 is 1.90 bits per heavy atom. The van der Waals surface area contributed by atoms with Crippen molar-refractivity contribution in [2.24, 2.45) is 5.73 Å². The van der Waals surface area contributed by atoms with E-state index in [9.17, 15) is 14.4 Å². The van der Waals surface area contributed by atoms with E-state index in [1.54, 1.807) is 24.3 Å². The summed E-state index contributed by atoms with van der Waals surface area (Å²) in [5.41, 5.74) is 6.00. The van der Waals surface area contributed by atoms with Crippen molar-refractivity contribution in [3.8, 4) is 0 Å². The van der Waals surface area contributed by atoms with E-state index in [0.29, 0.717) is 17.7 Å². The summed E-state index contributed by atoms with van der Waals surface area (Å²) in [4.78, 5) is 34.8. The average Bonchev–Trinajstić information content (AvgIpc) is 2.42. The predicted octanol–water partition coefficient (Wildman–Crippen LogP) is 1.42. The number of amides is 3. The zero-order chi connectivity index (χ0) is 15.8. The van der Waals surface area contributed by atoms with Gasteiger partial charge in [0, 0.05) is 6.92 Å². The number of nitrogens with two attached hydrogens (primary N) is 1. The standard InChI is InChI=1S/C15H21N3O3/c1-3-4-8-13(14(16)20)18-15(21)11-7-5-6-9-12(11)17-10(2)19/h5-7,9,13H,3-4,8H2,1-2H3,(H2,16,20)(H,17,19)(H,18,21)/t13-/m0/s1. The van der Waals surface area contributed by atoms with Crippen molar-refractivity contribution >= 4 is 23.4 Å². The van der Waals surface area contributed by atoms with Crippen LogP contribution in [0.1, 0.15) is 43.5 Å². The maximum absolute atomic E-state index is 12.3. The minimum absolute atomic E-state index is 0.271. The van der Waals surface area contributed by atoms with Gasteiger partial charge in [-0.2, -0.15) is 0 Å². The van der Waals surface area contributed by atoms with Gasteiger partial charge >= 0.3 is 0 Å². The van der Waals surface area contributed by atoms with Crippen LogP contribution in [0.25, 0.3) is 0 Å². The molecule has 1 aromatic rings. The highest BCUT2D eigenvalue weighted by molar-refractivity contribution is 6.04. The van der Waals surface area contributed by atoms with Gasteiger partial charge in [-0.3, -0.25) is 14.4 Å². The Hall–Kier alpha value is -2.37. The molecule has 21 heavy (non-hydrogen) atoms. The van der Waals surface area contributed by atoms with E-state index in [1.165, 1.54) is 6.92 Å². The molecule has 6 nitrogen and oxygen atoms in total. The Morgan fingerprint density at radius 1 is 1.24 bits per heavy atom. The normalized spacial score (nSPS) is 11.5. The van der Waals surface area contributed by atoms with Crippen molar-refractivity contribution in [2.45, 2.75) is 39.2 Å². The highest BCUT2D eigenvalue weighted by Gasteiger charge is 2.20. The topological polar surface area (TPSA) is 101 Å². The summed E-state index contributed by atoms with van der Waals surface area (Å²) in [5, 5.41) is 5.20. The molecule has 0 radical (unpaired) electrons. The number of para-hydroxylation sites is 1. The second kappa shape index (κ2) is 8.04. The lowest BCUT2D eigenvalue weighted by molar-refractivity contribution is -0.120. The van der Waals surface area contributed by atoms with Crippen molar-refractivity contribution in [3.05, 3.63) is 29.8 Å². The number of unbranched alkanes of at least 4 members (excludes halogenated alkanes) is 1. The largest absolute Gasteiger partial charge is 0.368 e. The van der Waals surface area contributed by atoms with Crippen molar-refractivity contribution in [1.82, 2.24) is 5.32 Å². The van der Waals surface area contributed by atoms with E-state index in [2.05, 4.69) is 10.6 Å². The number of nitrogens with one attached hydrogen (secondary N) is 2. The van der Waals surface area contributed by atoms with Crippen LogP contribution in [0.4, 0.5) is 5.69 Å². The van der Waals surface area contributed by atoms with E-state index >= 15 is 0 Å². The summed E-state index contributed by atoms with van der Waals surface area (Å²) < 4.78 is 0. The molecular weight excluding hydrogens is 270 g/mol. The quantitative estimate of drug-likeness (QED) is 0.708. The summed E-state index contributed by atoms with van der Waals surface area (Å²) >= 11 is 0. The number of hydrogen-bond acceptors (Lipinski definition) is 3. The zero-order valence-corrected chi connectivity index (χ0v) is 12.3. The van der Waals surface area contributed by atoms with Gasteiger partial charge in [-0.15, -0.1) is 0 Å². The molecule has 0 unspecified atom stereocenters. The van der Waals surface area contributed by atoms with Gasteiger partial charge in [0.25, 0.3) is 5.91 Å². The summed E-state index contributed by atoms with van der Waals surface area (Å²) in [6.07, 6.45) is 2.20. The van der Waals surface area contributed by atoms with Crippen LogP contribution in [-0.4, -0.2) is 23.8 Å². The first kappa shape index (κ1) is 16.7. The lowest BCUT2D eigenvalue weighted by atomic mass is 10.1. The lowest BCUT2D eigenvalue weighted by Gasteiger charge is -2.16. The Labute approximate surface area is 124 Å².